The summed E-state index contributed by atoms with van der Waals surface area (Å²) in [5.41, 5.74) is 3.23. The quantitative estimate of drug-likeness (QED) is 0.380. The average Bonchev–Trinajstić information content (AvgIpc) is 2.89. The van der Waals surface area contributed by atoms with Crippen molar-refractivity contribution in [1.29, 1.82) is 5.26 Å². The fourth-order valence-corrected chi connectivity index (χ4v) is 4.77. The van der Waals surface area contributed by atoms with Gasteiger partial charge in [0.2, 0.25) is 11.8 Å². The molecule has 1 aliphatic rings. The summed E-state index contributed by atoms with van der Waals surface area (Å²) in [5.74, 6) is 1.13. The molecule has 0 saturated carbocycles. The summed E-state index contributed by atoms with van der Waals surface area (Å²) in [6, 6.07) is 26.8. The first kappa shape index (κ1) is 25.1. The van der Waals surface area contributed by atoms with Crippen LogP contribution in [-0.2, 0) is 9.59 Å². The number of anilines is 1. The Hall–Kier alpha value is -4.02. The van der Waals surface area contributed by atoms with E-state index in [0.717, 1.165) is 23.1 Å². The van der Waals surface area contributed by atoms with Crippen LogP contribution in [-0.4, -0.2) is 17.6 Å². The molecule has 36 heavy (non-hydrogen) atoms. The summed E-state index contributed by atoms with van der Waals surface area (Å²) < 4.78 is 5.77. The zero-order valence-electron chi connectivity index (χ0n) is 20.2. The van der Waals surface area contributed by atoms with Crippen LogP contribution in [0.15, 0.2) is 89.5 Å². The van der Waals surface area contributed by atoms with E-state index in [2.05, 4.69) is 30.6 Å². The van der Waals surface area contributed by atoms with E-state index < -0.39 is 0 Å². The molecule has 4 rings (SSSR count). The third-order valence-corrected chi connectivity index (χ3v) is 6.84. The molecule has 0 aromatic heterocycles. The van der Waals surface area contributed by atoms with Gasteiger partial charge in [0.25, 0.3) is 0 Å². The Bertz CT molecular complexity index is 1290. The number of nitrogens with zero attached hydrogens (tertiary/aromatic N) is 1. The molecule has 0 spiro atoms. The molecule has 0 bridgehead atoms. The van der Waals surface area contributed by atoms with Crippen molar-refractivity contribution < 1.29 is 14.3 Å². The number of carbonyl (C=O) groups excluding carboxylic acids is 2. The van der Waals surface area contributed by atoms with E-state index in [0.29, 0.717) is 28.0 Å². The van der Waals surface area contributed by atoms with Gasteiger partial charge in [0, 0.05) is 18.0 Å². The molecule has 0 saturated heterocycles. The summed E-state index contributed by atoms with van der Waals surface area (Å²) in [7, 11) is 0. The smallest absolute Gasteiger partial charge is 0.234 e. The molecule has 6 nitrogen and oxygen atoms in total. The van der Waals surface area contributed by atoms with Crippen LogP contribution in [0.2, 0.25) is 0 Å². The van der Waals surface area contributed by atoms with Gasteiger partial charge in [0.15, 0.2) is 0 Å². The number of hydrogen-bond acceptors (Lipinski definition) is 5. The topological polar surface area (TPSA) is 91.2 Å². The van der Waals surface area contributed by atoms with E-state index in [-0.39, 0.29) is 29.9 Å². The van der Waals surface area contributed by atoms with Crippen molar-refractivity contribution in [1.82, 2.24) is 5.32 Å². The maximum absolute atomic E-state index is 12.6. The fraction of sp³-hybridized carbons (Fsp3) is 0.207. The largest absolute Gasteiger partial charge is 0.457 e. The standard InChI is InChI=1S/C29H27N3O3S/c1-19(2)20-8-10-21(11-9-20)25-16-27(33)32-29(26(25)17-30)36-18-28(34)31-22-12-14-24(15-13-22)35-23-6-4-3-5-7-23/h3-15,19,25H,16,18H2,1-2H3,(H,31,34)(H,32,33). The highest BCUT2D eigenvalue weighted by Gasteiger charge is 2.30. The molecular formula is C29H27N3O3S. The highest BCUT2D eigenvalue weighted by Crippen LogP contribution is 2.36. The maximum Gasteiger partial charge on any atom is 0.234 e. The molecule has 0 aliphatic carbocycles. The number of rotatable bonds is 8. The number of thioether (sulfide) groups is 1. The van der Waals surface area contributed by atoms with Crippen LogP contribution in [0.5, 0.6) is 11.5 Å². The highest BCUT2D eigenvalue weighted by molar-refractivity contribution is 8.03. The molecule has 1 atom stereocenters. The normalized spacial score (nSPS) is 15.3. The van der Waals surface area contributed by atoms with E-state index in [1.165, 1.54) is 5.56 Å². The average molecular weight is 498 g/mol. The second-order valence-electron chi connectivity index (χ2n) is 8.76. The third-order valence-electron chi connectivity index (χ3n) is 5.83. The number of amides is 2. The van der Waals surface area contributed by atoms with Crippen molar-refractivity contribution in [2.24, 2.45) is 0 Å². The number of benzene rings is 3. The predicted molar refractivity (Wildman–Crippen MR) is 143 cm³/mol. The van der Waals surface area contributed by atoms with E-state index in [1.807, 2.05) is 54.6 Å². The van der Waals surface area contributed by atoms with Crippen LogP contribution in [0.3, 0.4) is 0 Å². The molecule has 0 radical (unpaired) electrons. The second kappa shape index (κ2) is 11.6. The monoisotopic (exact) mass is 497 g/mol. The Labute approximate surface area is 215 Å². The van der Waals surface area contributed by atoms with Crippen molar-refractivity contribution in [2.75, 3.05) is 11.1 Å². The van der Waals surface area contributed by atoms with Gasteiger partial charge in [-0.2, -0.15) is 5.26 Å². The Kier molecular flexibility index (Phi) is 8.09. The number of carbonyl (C=O) groups is 2. The van der Waals surface area contributed by atoms with Crippen LogP contribution in [0.25, 0.3) is 0 Å². The van der Waals surface area contributed by atoms with E-state index in [1.54, 1.807) is 24.3 Å². The Morgan fingerprint density at radius 2 is 1.72 bits per heavy atom. The molecule has 1 heterocycles. The van der Waals surface area contributed by atoms with Crippen molar-refractivity contribution >= 4 is 29.3 Å². The fourth-order valence-electron chi connectivity index (χ4n) is 3.90. The van der Waals surface area contributed by atoms with Crippen molar-refractivity contribution in [3.05, 3.63) is 101 Å². The van der Waals surface area contributed by atoms with E-state index in [4.69, 9.17) is 4.74 Å². The summed E-state index contributed by atoms with van der Waals surface area (Å²) >= 11 is 1.16. The molecule has 2 N–H and O–H groups in total. The minimum atomic E-state index is -0.326. The Balaban J connectivity index is 1.39. The number of para-hydroxylation sites is 1. The molecule has 2 amide bonds. The molecule has 7 heteroatoms. The zero-order valence-corrected chi connectivity index (χ0v) is 21.0. The van der Waals surface area contributed by atoms with Gasteiger partial charge in [-0.25, -0.2) is 0 Å². The van der Waals surface area contributed by atoms with Gasteiger partial charge in [-0.3, -0.25) is 9.59 Å². The number of allylic oxidation sites excluding steroid dienone is 1. The van der Waals surface area contributed by atoms with Crippen LogP contribution in [0.1, 0.15) is 43.2 Å². The minimum absolute atomic E-state index is 0.0576. The molecule has 0 fully saturated rings. The SMILES string of the molecule is CC(C)c1ccc(C2CC(=O)NC(SCC(=O)Nc3ccc(Oc4ccccc4)cc3)=C2C#N)cc1. The molecular weight excluding hydrogens is 470 g/mol. The molecule has 1 unspecified atom stereocenters. The van der Waals surface area contributed by atoms with Gasteiger partial charge in [0.05, 0.1) is 22.4 Å². The molecule has 1 aliphatic heterocycles. The van der Waals surface area contributed by atoms with Crippen LogP contribution in [0, 0.1) is 11.3 Å². The van der Waals surface area contributed by atoms with E-state index >= 15 is 0 Å². The first-order valence-corrected chi connectivity index (χ1v) is 12.7. The molecule has 3 aromatic rings. The predicted octanol–water partition coefficient (Wildman–Crippen LogP) is 6.31. The lowest BCUT2D eigenvalue weighted by Crippen LogP contribution is -2.31. The lowest BCUT2D eigenvalue weighted by molar-refractivity contribution is -0.121. The third kappa shape index (κ3) is 6.35. The number of nitriles is 1. The van der Waals surface area contributed by atoms with Crippen LogP contribution in [0.4, 0.5) is 5.69 Å². The summed E-state index contributed by atoms with van der Waals surface area (Å²) in [5, 5.41) is 15.9. The van der Waals surface area contributed by atoms with Crippen molar-refractivity contribution in [2.45, 2.75) is 32.1 Å². The Morgan fingerprint density at radius 1 is 1.06 bits per heavy atom. The van der Waals surface area contributed by atoms with Gasteiger partial charge in [-0.1, -0.05) is 68.1 Å². The summed E-state index contributed by atoms with van der Waals surface area (Å²) in [6.45, 7) is 4.24. The zero-order chi connectivity index (χ0) is 25.5. The summed E-state index contributed by atoms with van der Waals surface area (Å²) in [4.78, 5) is 25.0. The minimum Gasteiger partial charge on any atom is -0.457 e. The van der Waals surface area contributed by atoms with E-state index in [9.17, 15) is 14.9 Å². The first-order chi connectivity index (χ1) is 17.4. The first-order valence-electron chi connectivity index (χ1n) is 11.7. The van der Waals surface area contributed by atoms with Gasteiger partial charge in [0.1, 0.15) is 11.5 Å². The van der Waals surface area contributed by atoms with Crippen LogP contribution < -0.4 is 15.4 Å². The van der Waals surface area contributed by atoms with Gasteiger partial charge in [-0.05, 0) is 53.4 Å². The van der Waals surface area contributed by atoms with Crippen molar-refractivity contribution in [3.8, 4) is 17.6 Å². The number of hydrogen-bond donors (Lipinski definition) is 2. The summed E-state index contributed by atoms with van der Waals surface area (Å²) in [6.07, 6.45) is 0.206. The lowest BCUT2D eigenvalue weighted by Gasteiger charge is -2.25. The molecule has 182 valence electrons. The van der Waals surface area contributed by atoms with Gasteiger partial charge in [-0.15, -0.1) is 0 Å². The van der Waals surface area contributed by atoms with Gasteiger partial charge < -0.3 is 15.4 Å². The number of ether oxygens (including phenoxy) is 1. The molecule has 3 aromatic carbocycles. The van der Waals surface area contributed by atoms with Crippen molar-refractivity contribution in [3.63, 3.8) is 0 Å². The Morgan fingerprint density at radius 3 is 2.36 bits per heavy atom. The van der Waals surface area contributed by atoms with Gasteiger partial charge >= 0.3 is 0 Å². The van der Waals surface area contributed by atoms with Crippen LogP contribution >= 0.6 is 11.8 Å². The second-order valence-corrected chi connectivity index (χ2v) is 9.74. The lowest BCUT2D eigenvalue weighted by atomic mass is 9.86. The number of nitrogens with one attached hydrogen (secondary N) is 2. The maximum atomic E-state index is 12.6. The highest BCUT2D eigenvalue weighted by atomic mass is 32.2.